The minimum Gasteiger partial charge on any atom is -0.493 e. The number of aryl methyl sites for hydroxylation is 1. The van der Waals surface area contributed by atoms with Crippen molar-refractivity contribution in [1.29, 1.82) is 0 Å². The fourth-order valence-electron chi connectivity index (χ4n) is 4.09. The predicted octanol–water partition coefficient (Wildman–Crippen LogP) is 6.91. The van der Waals surface area contributed by atoms with Crippen LogP contribution in [0.25, 0.3) is 22.4 Å². The number of unbranched alkanes of at least 4 members (excludes halogenated alkanes) is 1. The summed E-state index contributed by atoms with van der Waals surface area (Å²) in [6.45, 7) is 18.4. The zero-order chi connectivity index (χ0) is 23.1. The van der Waals surface area contributed by atoms with Crippen LogP contribution in [0.3, 0.4) is 0 Å². The van der Waals surface area contributed by atoms with Gasteiger partial charge in [0.2, 0.25) is 0 Å². The van der Waals surface area contributed by atoms with Crippen molar-refractivity contribution in [2.45, 2.75) is 72.8 Å². The molecule has 0 saturated heterocycles. The van der Waals surface area contributed by atoms with Gasteiger partial charge >= 0.3 is 0 Å². The van der Waals surface area contributed by atoms with Crippen molar-refractivity contribution in [2.75, 3.05) is 26.2 Å². The molecule has 0 amide bonds. The molecule has 32 heavy (non-hydrogen) atoms. The predicted molar refractivity (Wildman–Crippen MR) is 137 cm³/mol. The Labute approximate surface area is 194 Å². The SMILES string of the molecule is CCCCn1c(-c2ccc(C(C)(C)C)cc2)nc2ccc(OCCCN(CC)CC)cc21. The number of hydrogen-bond donors (Lipinski definition) is 0. The first-order chi connectivity index (χ1) is 15.4. The Morgan fingerprint density at radius 3 is 2.28 bits per heavy atom. The minimum atomic E-state index is 0.151. The summed E-state index contributed by atoms with van der Waals surface area (Å²) in [5.74, 6) is 1.98. The normalized spacial score (nSPS) is 12.1. The first kappa shape index (κ1) is 24.3. The summed E-state index contributed by atoms with van der Waals surface area (Å²) in [6.07, 6.45) is 3.33. The highest BCUT2D eigenvalue weighted by atomic mass is 16.5. The van der Waals surface area contributed by atoms with Gasteiger partial charge in [-0.25, -0.2) is 4.98 Å². The average Bonchev–Trinajstić information content (AvgIpc) is 3.15. The van der Waals surface area contributed by atoms with Gasteiger partial charge in [0.15, 0.2) is 0 Å². The van der Waals surface area contributed by atoms with Crippen molar-refractivity contribution in [3.05, 3.63) is 48.0 Å². The fourth-order valence-corrected chi connectivity index (χ4v) is 4.09. The van der Waals surface area contributed by atoms with E-state index in [0.29, 0.717) is 0 Å². The molecule has 0 fully saturated rings. The van der Waals surface area contributed by atoms with Gasteiger partial charge in [-0.3, -0.25) is 0 Å². The van der Waals surface area contributed by atoms with Crippen molar-refractivity contribution < 1.29 is 4.74 Å². The number of benzene rings is 2. The quantitative estimate of drug-likeness (QED) is 0.306. The fraction of sp³-hybridized carbons (Fsp3) is 0.536. The van der Waals surface area contributed by atoms with Gasteiger partial charge in [0.1, 0.15) is 11.6 Å². The standard InChI is InChI=1S/C28H41N3O/c1-7-10-19-31-26-21-24(32-20-11-18-30(8-2)9-3)16-17-25(26)29-27(31)22-12-14-23(15-13-22)28(4,5)6/h12-17,21H,7-11,18-20H2,1-6H3. The van der Waals surface area contributed by atoms with Crippen molar-refractivity contribution in [3.8, 4) is 17.1 Å². The van der Waals surface area contributed by atoms with Crippen LogP contribution in [0.15, 0.2) is 42.5 Å². The van der Waals surface area contributed by atoms with Crippen LogP contribution in [0.2, 0.25) is 0 Å². The van der Waals surface area contributed by atoms with E-state index in [2.05, 4.69) is 93.5 Å². The van der Waals surface area contributed by atoms with Crippen molar-refractivity contribution in [1.82, 2.24) is 14.5 Å². The Morgan fingerprint density at radius 1 is 0.938 bits per heavy atom. The maximum absolute atomic E-state index is 6.11. The van der Waals surface area contributed by atoms with E-state index in [1.54, 1.807) is 0 Å². The summed E-state index contributed by atoms with van der Waals surface area (Å²) in [5.41, 5.74) is 4.87. The second-order valence-electron chi connectivity index (χ2n) is 9.65. The highest BCUT2D eigenvalue weighted by molar-refractivity contribution is 5.82. The zero-order valence-electron chi connectivity index (χ0n) is 20.9. The molecule has 4 nitrogen and oxygen atoms in total. The summed E-state index contributed by atoms with van der Waals surface area (Å²) < 4.78 is 8.48. The molecule has 3 rings (SSSR count). The van der Waals surface area contributed by atoms with E-state index in [4.69, 9.17) is 9.72 Å². The van der Waals surface area contributed by atoms with Gasteiger partial charge in [-0.2, -0.15) is 0 Å². The smallest absolute Gasteiger partial charge is 0.141 e. The van der Waals surface area contributed by atoms with Crippen LogP contribution in [0.5, 0.6) is 5.75 Å². The Morgan fingerprint density at radius 2 is 1.66 bits per heavy atom. The van der Waals surface area contributed by atoms with Gasteiger partial charge in [0.05, 0.1) is 17.6 Å². The van der Waals surface area contributed by atoms with E-state index in [1.807, 2.05) is 0 Å². The molecule has 0 unspecified atom stereocenters. The van der Waals surface area contributed by atoms with Crippen molar-refractivity contribution in [3.63, 3.8) is 0 Å². The molecule has 0 atom stereocenters. The number of aromatic nitrogens is 2. The Balaban J connectivity index is 1.84. The highest BCUT2D eigenvalue weighted by Crippen LogP contribution is 2.30. The molecule has 1 aromatic heterocycles. The van der Waals surface area contributed by atoms with Gasteiger partial charge in [0, 0.05) is 24.7 Å². The van der Waals surface area contributed by atoms with Crippen LogP contribution in [0.1, 0.15) is 66.4 Å². The lowest BCUT2D eigenvalue weighted by molar-refractivity contribution is 0.249. The molecule has 0 aliphatic rings. The third-order valence-corrected chi connectivity index (χ3v) is 6.25. The summed E-state index contributed by atoms with van der Waals surface area (Å²) in [6, 6.07) is 15.2. The summed E-state index contributed by atoms with van der Waals surface area (Å²) in [5, 5.41) is 0. The van der Waals surface area contributed by atoms with E-state index >= 15 is 0 Å². The van der Waals surface area contributed by atoms with E-state index in [-0.39, 0.29) is 5.41 Å². The lowest BCUT2D eigenvalue weighted by Gasteiger charge is -2.19. The average molecular weight is 436 g/mol. The molecule has 4 heteroatoms. The van der Waals surface area contributed by atoms with Gasteiger partial charge < -0.3 is 14.2 Å². The number of fused-ring (bicyclic) bond motifs is 1. The molecular weight excluding hydrogens is 394 g/mol. The van der Waals surface area contributed by atoms with Gasteiger partial charge in [-0.15, -0.1) is 0 Å². The van der Waals surface area contributed by atoms with Gasteiger partial charge in [-0.05, 0) is 49.0 Å². The van der Waals surface area contributed by atoms with Crippen LogP contribution in [0, 0.1) is 0 Å². The lowest BCUT2D eigenvalue weighted by atomic mass is 9.87. The van der Waals surface area contributed by atoms with E-state index < -0.39 is 0 Å². The molecule has 0 radical (unpaired) electrons. The molecule has 0 bridgehead atoms. The topological polar surface area (TPSA) is 30.3 Å². The highest BCUT2D eigenvalue weighted by Gasteiger charge is 2.16. The van der Waals surface area contributed by atoms with Gasteiger partial charge in [0.25, 0.3) is 0 Å². The molecule has 0 saturated carbocycles. The molecular formula is C28H41N3O. The zero-order valence-corrected chi connectivity index (χ0v) is 20.9. The van der Waals surface area contributed by atoms with Crippen LogP contribution in [-0.2, 0) is 12.0 Å². The molecule has 3 aromatic rings. The summed E-state index contributed by atoms with van der Waals surface area (Å²) >= 11 is 0. The molecule has 174 valence electrons. The Kier molecular flexibility index (Phi) is 8.36. The van der Waals surface area contributed by atoms with E-state index in [9.17, 15) is 0 Å². The monoisotopic (exact) mass is 435 g/mol. The molecule has 0 aliphatic heterocycles. The van der Waals surface area contributed by atoms with Crippen molar-refractivity contribution in [2.24, 2.45) is 0 Å². The Bertz CT molecular complexity index is 978. The van der Waals surface area contributed by atoms with Crippen LogP contribution in [-0.4, -0.2) is 40.7 Å². The number of rotatable bonds is 11. The number of hydrogen-bond acceptors (Lipinski definition) is 3. The first-order valence-corrected chi connectivity index (χ1v) is 12.3. The largest absolute Gasteiger partial charge is 0.493 e. The molecule has 0 N–H and O–H groups in total. The molecule has 1 heterocycles. The molecule has 2 aromatic carbocycles. The third kappa shape index (κ3) is 5.92. The third-order valence-electron chi connectivity index (χ3n) is 6.25. The maximum Gasteiger partial charge on any atom is 0.141 e. The van der Waals surface area contributed by atoms with Gasteiger partial charge in [-0.1, -0.05) is 72.2 Å². The molecule has 0 spiro atoms. The summed E-state index contributed by atoms with van der Waals surface area (Å²) in [4.78, 5) is 7.45. The van der Waals surface area contributed by atoms with Crippen molar-refractivity contribution >= 4 is 11.0 Å². The number of imidazole rings is 1. The number of ether oxygens (including phenoxy) is 1. The van der Waals surface area contributed by atoms with E-state index in [0.717, 1.165) is 74.7 Å². The van der Waals surface area contributed by atoms with Crippen LogP contribution < -0.4 is 4.74 Å². The van der Waals surface area contributed by atoms with Crippen LogP contribution in [0.4, 0.5) is 0 Å². The second-order valence-corrected chi connectivity index (χ2v) is 9.65. The second kappa shape index (κ2) is 11.0. The Hall–Kier alpha value is -2.33. The lowest BCUT2D eigenvalue weighted by Crippen LogP contribution is -2.25. The first-order valence-electron chi connectivity index (χ1n) is 12.3. The minimum absolute atomic E-state index is 0.151. The van der Waals surface area contributed by atoms with Crippen LogP contribution >= 0.6 is 0 Å². The summed E-state index contributed by atoms with van der Waals surface area (Å²) in [7, 11) is 0. The number of nitrogens with zero attached hydrogens (tertiary/aromatic N) is 3. The maximum atomic E-state index is 6.11. The molecule has 0 aliphatic carbocycles. The van der Waals surface area contributed by atoms with E-state index in [1.165, 1.54) is 11.1 Å².